The summed E-state index contributed by atoms with van der Waals surface area (Å²) in [6.07, 6.45) is 0. The smallest absolute Gasteiger partial charge is 0.329 e. The van der Waals surface area contributed by atoms with Crippen molar-refractivity contribution in [1.82, 2.24) is 9.80 Å². The minimum Gasteiger partial charge on any atom is -0.480 e. The van der Waals surface area contributed by atoms with Crippen LogP contribution in [-0.4, -0.2) is 46.0 Å². The lowest BCUT2D eigenvalue weighted by Crippen LogP contribution is -2.54. The summed E-state index contributed by atoms with van der Waals surface area (Å²) in [6, 6.07) is 9.35. The van der Waals surface area contributed by atoms with Crippen LogP contribution in [0.5, 0.6) is 0 Å². The van der Waals surface area contributed by atoms with Gasteiger partial charge in [-0.2, -0.15) is 0 Å². The van der Waals surface area contributed by atoms with Crippen molar-refractivity contribution in [2.45, 2.75) is 32.9 Å². The first kappa shape index (κ1) is 16.0. The molecule has 0 aromatic heterocycles. The maximum absolute atomic E-state index is 12.4. The van der Waals surface area contributed by atoms with Crippen LogP contribution in [-0.2, 0) is 11.3 Å². The lowest BCUT2D eigenvalue weighted by atomic mass is 10.0. The molecule has 1 aromatic carbocycles. The maximum Gasteiger partial charge on any atom is 0.329 e. The molecule has 1 aromatic rings. The number of urea groups is 1. The van der Waals surface area contributed by atoms with Crippen LogP contribution in [0.1, 0.15) is 26.3 Å². The zero-order valence-electron chi connectivity index (χ0n) is 12.5. The second kappa shape index (κ2) is 6.41. The Labute approximate surface area is 119 Å². The Morgan fingerprint density at radius 3 is 2.20 bits per heavy atom. The lowest BCUT2D eigenvalue weighted by molar-refractivity contribution is -0.147. The highest BCUT2D eigenvalue weighted by molar-refractivity contribution is 5.85. The van der Waals surface area contributed by atoms with E-state index in [0.29, 0.717) is 13.1 Å². The Balaban J connectivity index is 2.85. The summed E-state index contributed by atoms with van der Waals surface area (Å²) in [5.74, 6) is -1.02. The predicted molar refractivity (Wildman–Crippen MR) is 77.4 cm³/mol. The summed E-state index contributed by atoms with van der Waals surface area (Å²) in [5.41, 5.74) is -0.217. The van der Waals surface area contributed by atoms with E-state index in [2.05, 4.69) is 0 Å². The van der Waals surface area contributed by atoms with Crippen LogP contribution in [0.25, 0.3) is 0 Å². The molecule has 2 amide bonds. The monoisotopic (exact) mass is 278 g/mol. The van der Waals surface area contributed by atoms with Gasteiger partial charge in [0.1, 0.15) is 5.54 Å². The van der Waals surface area contributed by atoms with E-state index in [1.807, 2.05) is 37.3 Å². The molecule has 5 heteroatoms. The summed E-state index contributed by atoms with van der Waals surface area (Å²) >= 11 is 0. The lowest BCUT2D eigenvalue weighted by Gasteiger charge is -2.35. The average molecular weight is 278 g/mol. The van der Waals surface area contributed by atoms with Gasteiger partial charge in [0.25, 0.3) is 0 Å². The minimum atomic E-state index is -1.23. The van der Waals surface area contributed by atoms with Crippen molar-refractivity contribution in [3.05, 3.63) is 35.9 Å². The molecule has 0 heterocycles. The van der Waals surface area contributed by atoms with Crippen LogP contribution in [0.15, 0.2) is 30.3 Å². The molecule has 0 fully saturated rings. The van der Waals surface area contributed by atoms with E-state index in [-0.39, 0.29) is 6.03 Å². The van der Waals surface area contributed by atoms with E-state index in [9.17, 15) is 14.7 Å². The van der Waals surface area contributed by atoms with E-state index in [0.717, 1.165) is 5.56 Å². The van der Waals surface area contributed by atoms with Gasteiger partial charge in [-0.25, -0.2) is 9.59 Å². The van der Waals surface area contributed by atoms with Crippen LogP contribution < -0.4 is 0 Å². The highest BCUT2D eigenvalue weighted by Crippen LogP contribution is 2.16. The third kappa shape index (κ3) is 3.50. The van der Waals surface area contributed by atoms with Gasteiger partial charge in [0, 0.05) is 20.1 Å². The largest absolute Gasteiger partial charge is 0.480 e. The van der Waals surface area contributed by atoms with Gasteiger partial charge in [-0.15, -0.1) is 0 Å². The summed E-state index contributed by atoms with van der Waals surface area (Å²) in [7, 11) is 1.52. The van der Waals surface area contributed by atoms with Gasteiger partial charge in [-0.3, -0.25) is 0 Å². The molecule has 0 bridgehead atoms. The van der Waals surface area contributed by atoms with Crippen molar-refractivity contribution in [2.24, 2.45) is 0 Å². The number of likely N-dealkylation sites (N-methyl/N-ethyl adjacent to an activating group) is 1. The van der Waals surface area contributed by atoms with Gasteiger partial charge in [0.2, 0.25) is 0 Å². The second-order valence-electron chi connectivity index (χ2n) is 5.21. The molecular formula is C15H22N2O3. The molecule has 1 N–H and O–H groups in total. The van der Waals surface area contributed by atoms with Crippen molar-refractivity contribution >= 4 is 12.0 Å². The van der Waals surface area contributed by atoms with Crippen molar-refractivity contribution < 1.29 is 14.7 Å². The number of carbonyl (C=O) groups is 2. The molecule has 0 saturated heterocycles. The second-order valence-corrected chi connectivity index (χ2v) is 5.21. The van der Waals surface area contributed by atoms with Gasteiger partial charge >= 0.3 is 12.0 Å². The molecular weight excluding hydrogens is 256 g/mol. The molecule has 0 radical (unpaired) electrons. The zero-order chi connectivity index (χ0) is 15.3. The van der Waals surface area contributed by atoms with E-state index in [1.54, 1.807) is 4.90 Å². The quantitative estimate of drug-likeness (QED) is 0.899. The molecule has 0 saturated carbocycles. The first-order valence-corrected chi connectivity index (χ1v) is 6.60. The molecule has 0 atom stereocenters. The number of carboxylic acid groups (broad SMARTS) is 1. The number of hydrogen-bond donors (Lipinski definition) is 1. The fourth-order valence-electron chi connectivity index (χ4n) is 1.71. The van der Waals surface area contributed by atoms with Crippen molar-refractivity contribution in [3.8, 4) is 0 Å². The molecule has 0 spiro atoms. The third-order valence-electron chi connectivity index (χ3n) is 3.52. The SMILES string of the molecule is CCN(Cc1ccccc1)C(=O)N(C)C(C)(C)C(=O)O. The maximum atomic E-state index is 12.4. The standard InChI is InChI=1S/C15H22N2O3/c1-5-17(11-12-9-7-6-8-10-12)14(20)16(4)15(2,3)13(18)19/h6-10H,5,11H2,1-4H3,(H,18,19). The number of carboxylic acids is 1. The normalized spacial score (nSPS) is 11.0. The Bertz CT molecular complexity index is 471. The van der Waals surface area contributed by atoms with Crippen LogP contribution in [0.3, 0.4) is 0 Å². The summed E-state index contributed by atoms with van der Waals surface area (Å²) < 4.78 is 0. The Kier molecular flexibility index (Phi) is 5.13. The average Bonchev–Trinajstić information content (AvgIpc) is 2.44. The Morgan fingerprint density at radius 1 is 1.20 bits per heavy atom. The molecule has 0 aliphatic heterocycles. The summed E-state index contributed by atoms with van der Waals surface area (Å²) in [4.78, 5) is 26.5. The molecule has 0 aliphatic rings. The summed E-state index contributed by atoms with van der Waals surface area (Å²) in [6.45, 7) is 5.90. The van der Waals surface area contributed by atoms with Crippen LogP contribution in [0.2, 0.25) is 0 Å². The Hall–Kier alpha value is -2.04. The van der Waals surface area contributed by atoms with Crippen LogP contribution >= 0.6 is 0 Å². The first-order chi connectivity index (χ1) is 9.30. The predicted octanol–water partition coefficient (Wildman–Crippen LogP) is 2.42. The summed E-state index contributed by atoms with van der Waals surface area (Å²) in [5, 5.41) is 9.19. The number of hydrogen-bond acceptors (Lipinski definition) is 2. The van der Waals surface area contributed by atoms with E-state index in [1.165, 1.54) is 25.8 Å². The van der Waals surface area contributed by atoms with Gasteiger partial charge in [-0.05, 0) is 26.3 Å². The number of amides is 2. The molecule has 110 valence electrons. The molecule has 20 heavy (non-hydrogen) atoms. The van der Waals surface area contributed by atoms with Crippen LogP contribution in [0.4, 0.5) is 4.79 Å². The zero-order valence-corrected chi connectivity index (χ0v) is 12.5. The van der Waals surface area contributed by atoms with Gasteiger partial charge in [0.15, 0.2) is 0 Å². The van der Waals surface area contributed by atoms with Gasteiger partial charge < -0.3 is 14.9 Å². The van der Waals surface area contributed by atoms with Crippen molar-refractivity contribution in [3.63, 3.8) is 0 Å². The number of nitrogens with zero attached hydrogens (tertiary/aromatic N) is 2. The number of benzene rings is 1. The highest BCUT2D eigenvalue weighted by atomic mass is 16.4. The molecule has 0 aliphatic carbocycles. The van der Waals surface area contributed by atoms with Crippen molar-refractivity contribution in [1.29, 1.82) is 0 Å². The van der Waals surface area contributed by atoms with Gasteiger partial charge in [0.05, 0.1) is 0 Å². The Morgan fingerprint density at radius 2 is 1.75 bits per heavy atom. The fraction of sp³-hybridized carbons (Fsp3) is 0.467. The number of aliphatic carboxylic acids is 1. The van der Waals surface area contributed by atoms with E-state index < -0.39 is 11.5 Å². The molecule has 5 nitrogen and oxygen atoms in total. The topological polar surface area (TPSA) is 60.9 Å². The number of carbonyl (C=O) groups excluding carboxylic acids is 1. The van der Waals surface area contributed by atoms with Gasteiger partial charge in [-0.1, -0.05) is 30.3 Å². The number of rotatable bonds is 5. The third-order valence-corrected chi connectivity index (χ3v) is 3.52. The minimum absolute atomic E-state index is 0.288. The first-order valence-electron chi connectivity index (χ1n) is 6.60. The van der Waals surface area contributed by atoms with Crippen molar-refractivity contribution in [2.75, 3.05) is 13.6 Å². The highest BCUT2D eigenvalue weighted by Gasteiger charge is 2.36. The fourth-order valence-corrected chi connectivity index (χ4v) is 1.71. The molecule has 0 unspecified atom stereocenters. The van der Waals surface area contributed by atoms with E-state index >= 15 is 0 Å². The molecule has 1 rings (SSSR count). The van der Waals surface area contributed by atoms with E-state index in [4.69, 9.17) is 0 Å². The van der Waals surface area contributed by atoms with Crippen LogP contribution in [0, 0.1) is 0 Å².